The van der Waals surface area contributed by atoms with Gasteiger partial charge < -0.3 is 20.1 Å². The number of carbonyl (C=O) groups excluding carboxylic acids is 1. The molecule has 0 saturated carbocycles. The molecule has 5 rings (SSSR count). The summed E-state index contributed by atoms with van der Waals surface area (Å²) in [6, 6.07) is 12.9. The number of anilines is 1. The smallest absolute Gasteiger partial charge is 0.251 e. The zero-order chi connectivity index (χ0) is 25.9. The molecule has 0 aliphatic carbocycles. The van der Waals surface area contributed by atoms with E-state index < -0.39 is 0 Å². The van der Waals surface area contributed by atoms with Crippen molar-refractivity contribution in [3.8, 4) is 11.5 Å². The number of hydrazine groups is 1. The maximum Gasteiger partial charge on any atom is 0.251 e. The maximum absolute atomic E-state index is 14.3. The number of amides is 1. The third-order valence-electron chi connectivity index (χ3n) is 6.80. The number of hydrogen-bond donors (Lipinski definition) is 3. The van der Waals surface area contributed by atoms with Crippen LogP contribution in [0.25, 0.3) is 0 Å². The minimum absolute atomic E-state index is 0.0479. The molecule has 37 heavy (non-hydrogen) atoms. The Labute approximate surface area is 215 Å². The molecule has 2 unspecified atom stereocenters. The van der Waals surface area contributed by atoms with Gasteiger partial charge in [-0.1, -0.05) is 6.07 Å². The standard InChI is InChI=1S/C27H31FN6O3/c1-17-11-23-24(37-10-9-36-23)13-19(17)14-31-27(35)18-5-4-6-20(12-18)30-16-25-33(2)26(32-34(25)3)21-7-8-29-15-22(21)28/h4-8,11-13,15,25-26,30,32H,9-10,14,16H2,1-3H3,(H,31,35). The monoisotopic (exact) mass is 506 g/mol. The van der Waals surface area contributed by atoms with Gasteiger partial charge in [-0.25, -0.2) is 14.8 Å². The van der Waals surface area contributed by atoms with Gasteiger partial charge in [-0.15, -0.1) is 0 Å². The molecule has 9 nitrogen and oxygen atoms in total. The first-order valence-corrected chi connectivity index (χ1v) is 12.2. The number of carbonyl (C=O) groups is 1. The molecule has 2 atom stereocenters. The molecule has 2 aromatic carbocycles. The largest absolute Gasteiger partial charge is 0.486 e. The highest BCUT2D eigenvalue weighted by Crippen LogP contribution is 2.33. The average molecular weight is 507 g/mol. The Hall–Kier alpha value is -3.73. The number of hydrogen-bond acceptors (Lipinski definition) is 8. The van der Waals surface area contributed by atoms with Crippen molar-refractivity contribution < 1.29 is 18.7 Å². The number of aromatic nitrogens is 1. The fourth-order valence-electron chi connectivity index (χ4n) is 4.67. The van der Waals surface area contributed by atoms with Crippen molar-refractivity contribution in [2.45, 2.75) is 25.8 Å². The lowest BCUT2D eigenvalue weighted by Crippen LogP contribution is -2.42. The van der Waals surface area contributed by atoms with Crippen molar-refractivity contribution in [1.29, 1.82) is 0 Å². The number of halogens is 1. The van der Waals surface area contributed by atoms with Gasteiger partial charge in [0, 0.05) is 43.1 Å². The average Bonchev–Trinajstić information content (AvgIpc) is 3.19. The van der Waals surface area contributed by atoms with Crippen LogP contribution in [0.3, 0.4) is 0 Å². The minimum Gasteiger partial charge on any atom is -0.486 e. The third kappa shape index (κ3) is 5.36. The van der Waals surface area contributed by atoms with Gasteiger partial charge in [0.1, 0.15) is 25.2 Å². The van der Waals surface area contributed by atoms with Gasteiger partial charge in [-0.05, 0) is 61.5 Å². The Bertz CT molecular complexity index is 1290. The second kappa shape index (κ2) is 10.7. The zero-order valence-corrected chi connectivity index (χ0v) is 21.1. The number of nitrogens with one attached hydrogen (secondary N) is 3. The van der Waals surface area contributed by atoms with Crippen molar-refractivity contribution in [3.05, 3.63) is 82.9 Å². The van der Waals surface area contributed by atoms with E-state index in [1.165, 1.54) is 6.20 Å². The molecule has 1 amide bonds. The third-order valence-corrected chi connectivity index (χ3v) is 6.80. The Kier molecular flexibility index (Phi) is 7.22. The van der Waals surface area contributed by atoms with Crippen LogP contribution in [0.4, 0.5) is 10.1 Å². The van der Waals surface area contributed by atoms with Crippen LogP contribution in [0.15, 0.2) is 54.9 Å². The summed E-state index contributed by atoms with van der Waals surface area (Å²) in [5.41, 5.74) is 7.23. The fraction of sp³-hybridized carbons (Fsp3) is 0.333. The van der Waals surface area contributed by atoms with Crippen molar-refractivity contribution in [2.75, 3.05) is 39.2 Å². The number of nitrogens with zero attached hydrogens (tertiary/aromatic N) is 3. The van der Waals surface area contributed by atoms with Crippen molar-refractivity contribution in [2.24, 2.45) is 0 Å². The summed E-state index contributed by atoms with van der Waals surface area (Å²) >= 11 is 0. The Morgan fingerprint density at radius 3 is 2.73 bits per heavy atom. The van der Waals surface area contributed by atoms with Crippen LogP contribution >= 0.6 is 0 Å². The van der Waals surface area contributed by atoms with Gasteiger partial charge in [-0.3, -0.25) is 14.7 Å². The molecule has 1 aromatic heterocycles. The zero-order valence-electron chi connectivity index (χ0n) is 21.1. The molecule has 0 bridgehead atoms. The number of pyridine rings is 1. The van der Waals surface area contributed by atoms with E-state index in [4.69, 9.17) is 9.47 Å². The highest BCUT2D eigenvalue weighted by molar-refractivity contribution is 5.95. The number of aryl methyl sites for hydroxylation is 1. The summed E-state index contributed by atoms with van der Waals surface area (Å²) in [4.78, 5) is 18.8. The molecule has 2 aliphatic heterocycles. The minimum atomic E-state index is -0.348. The number of likely N-dealkylation sites (N-methyl/N-ethyl adjacent to an activating group) is 2. The molecule has 3 aromatic rings. The summed E-state index contributed by atoms with van der Waals surface area (Å²) in [7, 11) is 3.86. The van der Waals surface area contributed by atoms with Crippen LogP contribution in [-0.4, -0.2) is 60.8 Å². The predicted octanol–water partition coefficient (Wildman–Crippen LogP) is 3.05. The van der Waals surface area contributed by atoms with Crippen LogP contribution in [0, 0.1) is 12.7 Å². The summed E-state index contributed by atoms with van der Waals surface area (Å²) in [6.07, 6.45) is 2.46. The van der Waals surface area contributed by atoms with Crippen LogP contribution in [0.5, 0.6) is 11.5 Å². The quantitative estimate of drug-likeness (QED) is 0.451. The lowest BCUT2D eigenvalue weighted by Gasteiger charge is -2.26. The van der Waals surface area contributed by atoms with Gasteiger partial charge in [0.25, 0.3) is 5.91 Å². The number of fused-ring (bicyclic) bond motifs is 1. The Balaban J connectivity index is 1.20. The fourth-order valence-corrected chi connectivity index (χ4v) is 4.67. The van der Waals surface area contributed by atoms with Crippen LogP contribution in [-0.2, 0) is 6.54 Å². The van der Waals surface area contributed by atoms with Crippen LogP contribution in [0.1, 0.15) is 33.2 Å². The molecule has 1 fully saturated rings. The molecule has 194 valence electrons. The lowest BCUT2D eigenvalue weighted by molar-refractivity contribution is 0.0950. The van der Waals surface area contributed by atoms with Gasteiger partial charge in [0.2, 0.25) is 0 Å². The van der Waals surface area contributed by atoms with Gasteiger partial charge in [0.15, 0.2) is 11.5 Å². The first-order valence-electron chi connectivity index (χ1n) is 12.2. The normalized spacial score (nSPS) is 19.6. The van der Waals surface area contributed by atoms with E-state index >= 15 is 0 Å². The molecule has 1 saturated heterocycles. The molecular weight excluding hydrogens is 475 g/mol. The van der Waals surface area contributed by atoms with E-state index in [0.717, 1.165) is 22.6 Å². The number of rotatable bonds is 7. The molecule has 10 heteroatoms. The van der Waals surface area contributed by atoms with Crippen LogP contribution in [0.2, 0.25) is 0 Å². The number of benzene rings is 2. The Morgan fingerprint density at radius 2 is 1.95 bits per heavy atom. The predicted molar refractivity (Wildman–Crippen MR) is 138 cm³/mol. The first-order chi connectivity index (χ1) is 17.9. The van der Waals surface area contributed by atoms with E-state index in [1.54, 1.807) is 18.3 Å². The highest BCUT2D eigenvalue weighted by atomic mass is 19.1. The summed E-state index contributed by atoms with van der Waals surface area (Å²) in [5.74, 6) is 0.933. The summed E-state index contributed by atoms with van der Waals surface area (Å²) in [5, 5.41) is 8.36. The SMILES string of the molecule is Cc1cc2c(cc1CNC(=O)c1cccc(NCC3N(C)NC(c4ccncc4F)N3C)c1)OCCO2. The maximum atomic E-state index is 14.3. The topological polar surface area (TPSA) is 91.0 Å². The molecule has 3 N–H and O–H groups in total. The van der Waals surface area contributed by atoms with E-state index in [-0.39, 0.29) is 24.1 Å². The molecule has 2 aliphatic rings. The van der Waals surface area contributed by atoms with Crippen LogP contribution < -0.4 is 25.5 Å². The van der Waals surface area contributed by atoms with E-state index in [0.29, 0.717) is 43.2 Å². The van der Waals surface area contributed by atoms with Gasteiger partial charge in [0.05, 0.1) is 12.4 Å². The van der Waals surface area contributed by atoms with Crippen molar-refractivity contribution in [3.63, 3.8) is 0 Å². The van der Waals surface area contributed by atoms with E-state index in [9.17, 15) is 9.18 Å². The number of ether oxygens (including phenoxy) is 2. The van der Waals surface area contributed by atoms with Gasteiger partial charge >= 0.3 is 0 Å². The summed E-state index contributed by atoms with van der Waals surface area (Å²) in [6.45, 7) is 4.00. The second-order valence-corrected chi connectivity index (χ2v) is 9.25. The van der Waals surface area contributed by atoms with E-state index in [1.807, 2.05) is 56.4 Å². The Morgan fingerprint density at radius 1 is 1.16 bits per heavy atom. The first kappa shape index (κ1) is 24.9. The lowest BCUT2D eigenvalue weighted by atomic mass is 10.1. The molecular formula is C27H31FN6O3. The van der Waals surface area contributed by atoms with E-state index in [2.05, 4.69) is 25.9 Å². The highest BCUT2D eigenvalue weighted by Gasteiger charge is 2.36. The molecule has 0 radical (unpaired) electrons. The van der Waals surface area contributed by atoms with Gasteiger partial charge in [-0.2, -0.15) is 0 Å². The molecule has 3 heterocycles. The molecule has 0 spiro atoms. The van der Waals surface area contributed by atoms with Crippen molar-refractivity contribution in [1.82, 2.24) is 25.6 Å². The second-order valence-electron chi connectivity index (χ2n) is 9.25. The van der Waals surface area contributed by atoms with Crippen molar-refractivity contribution >= 4 is 11.6 Å². The summed E-state index contributed by atoms with van der Waals surface area (Å²) < 4.78 is 25.6.